The lowest BCUT2D eigenvalue weighted by Crippen LogP contribution is -2.55. The van der Waals surface area contributed by atoms with Crippen LogP contribution in [-0.4, -0.2) is 4.98 Å². The molecule has 4 bridgehead atoms. The Hall–Kier alpha value is -3.06. The van der Waals surface area contributed by atoms with E-state index < -0.39 is 0 Å². The molecule has 0 unspecified atom stereocenters. The van der Waals surface area contributed by atoms with E-state index in [0.717, 1.165) is 23.7 Å². The van der Waals surface area contributed by atoms with E-state index in [4.69, 9.17) is 0 Å². The largest absolute Gasteiger partial charge is 0.354 e. The summed E-state index contributed by atoms with van der Waals surface area (Å²) in [7, 11) is 0. The molecule has 4 saturated carbocycles. The van der Waals surface area contributed by atoms with Crippen LogP contribution in [0.1, 0.15) is 43.2 Å². The predicted molar refractivity (Wildman–Crippen MR) is 137 cm³/mol. The number of aromatic nitrogens is 1. The van der Waals surface area contributed by atoms with E-state index in [-0.39, 0.29) is 5.41 Å². The number of rotatable bonds is 0. The lowest BCUT2D eigenvalue weighted by molar-refractivity contribution is -0.0399. The lowest BCUT2D eigenvalue weighted by atomic mass is 9.43. The van der Waals surface area contributed by atoms with E-state index in [9.17, 15) is 0 Å². The quantitative estimate of drug-likeness (QED) is 0.257. The maximum absolute atomic E-state index is 3.88. The fourth-order valence-corrected chi connectivity index (χ4v) is 9.29. The molecule has 0 atom stereocenters. The summed E-state index contributed by atoms with van der Waals surface area (Å²) in [6.07, 6.45) is 7.27. The van der Waals surface area contributed by atoms with Crippen molar-refractivity contribution in [2.75, 3.05) is 0 Å². The second-order valence-corrected chi connectivity index (χ2v) is 11.5. The minimum absolute atomic E-state index is 0.243. The third-order valence-corrected chi connectivity index (χ3v) is 10.2. The number of H-pyrrole nitrogens is 1. The van der Waals surface area contributed by atoms with E-state index in [2.05, 4.69) is 77.8 Å². The molecule has 10 rings (SSSR count). The van der Waals surface area contributed by atoms with Crippen molar-refractivity contribution in [1.82, 2.24) is 4.98 Å². The van der Waals surface area contributed by atoms with Gasteiger partial charge in [-0.1, -0.05) is 60.7 Å². The van der Waals surface area contributed by atoms with Crippen molar-refractivity contribution in [2.24, 2.45) is 23.7 Å². The Balaban J connectivity index is 1.39. The van der Waals surface area contributed by atoms with E-state index in [1.54, 1.807) is 11.1 Å². The zero-order valence-electron chi connectivity index (χ0n) is 18.8. The molecule has 0 aliphatic heterocycles. The first-order valence-electron chi connectivity index (χ1n) is 12.9. The highest BCUT2D eigenvalue weighted by Gasteiger charge is 2.61. The molecule has 5 aliphatic rings. The molecule has 4 fully saturated rings. The Morgan fingerprint density at radius 1 is 0.606 bits per heavy atom. The molecule has 5 aliphatic carbocycles. The van der Waals surface area contributed by atoms with Gasteiger partial charge in [0.05, 0.1) is 5.52 Å². The Morgan fingerprint density at radius 3 is 2.21 bits per heavy atom. The van der Waals surface area contributed by atoms with Crippen LogP contribution in [0.25, 0.3) is 43.7 Å². The molecule has 1 aromatic heterocycles. The molecule has 160 valence electrons. The van der Waals surface area contributed by atoms with Gasteiger partial charge >= 0.3 is 0 Å². The van der Waals surface area contributed by atoms with Gasteiger partial charge in [0.15, 0.2) is 0 Å². The van der Waals surface area contributed by atoms with Gasteiger partial charge in [0.1, 0.15) is 0 Å². The first-order valence-corrected chi connectivity index (χ1v) is 12.9. The minimum atomic E-state index is 0.243. The fourth-order valence-electron chi connectivity index (χ4n) is 9.29. The smallest absolute Gasteiger partial charge is 0.0544 e. The van der Waals surface area contributed by atoms with Gasteiger partial charge < -0.3 is 4.98 Å². The van der Waals surface area contributed by atoms with E-state index in [1.807, 2.05) is 0 Å². The van der Waals surface area contributed by atoms with Crippen LogP contribution in [0.2, 0.25) is 0 Å². The summed E-state index contributed by atoms with van der Waals surface area (Å²) in [6, 6.07) is 27.9. The molecule has 4 aromatic carbocycles. The highest BCUT2D eigenvalue weighted by atomic mass is 14.7. The van der Waals surface area contributed by atoms with Crippen LogP contribution < -0.4 is 0 Å². The summed E-state index contributed by atoms with van der Waals surface area (Å²) < 4.78 is 0. The first kappa shape index (κ1) is 17.4. The number of hydrogen-bond acceptors (Lipinski definition) is 0. The van der Waals surface area contributed by atoms with Crippen LogP contribution in [-0.2, 0) is 5.41 Å². The average molecular weight is 426 g/mol. The van der Waals surface area contributed by atoms with Crippen molar-refractivity contribution in [3.05, 3.63) is 83.9 Å². The minimum Gasteiger partial charge on any atom is -0.354 e. The van der Waals surface area contributed by atoms with Crippen molar-refractivity contribution in [2.45, 2.75) is 37.5 Å². The zero-order chi connectivity index (χ0) is 21.3. The summed E-state index contributed by atoms with van der Waals surface area (Å²) in [5, 5.41) is 5.38. The van der Waals surface area contributed by atoms with Crippen molar-refractivity contribution in [1.29, 1.82) is 0 Å². The fraction of sp³-hybridized carbons (Fsp3) is 0.312. The van der Waals surface area contributed by atoms with Gasteiger partial charge in [0.25, 0.3) is 0 Å². The molecule has 1 nitrogen and oxygen atoms in total. The van der Waals surface area contributed by atoms with Crippen LogP contribution in [0.5, 0.6) is 0 Å². The summed E-state index contributed by atoms with van der Waals surface area (Å²) in [6.45, 7) is 0. The van der Waals surface area contributed by atoms with E-state index in [1.165, 1.54) is 75.8 Å². The molecular weight excluding hydrogens is 398 g/mol. The normalized spacial score (nSPS) is 31.2. The highest BCUT2D eigenvalue weighted by Crippen LogP contribution is 2.69. The average Bonchev–Trinajstić information content (AvgIpc) is 3.35. The van der Waals surface area contributed by atoms with Gasteiger partial charge in [-0.3, -0.25) is 0 Å². The highest BCUT2D eigenvalue weighted by molar-refractivity contribution is 6.18. The molecular formula is C32H27N. The zero-order valence-corrected chi connectivity index (χ0v) is 18.8. The molecule has 1 heteroatoms. The van der Waals surface area contributed by atoms with Crippen molar-refractivity contribution in [3.8, 4) is 11.1 Å². The molecule has 0 saturated heterocycles. The van der Waals surface area contributed by atoms with Gasteiger partial charge in [0, 0.05) is 27.1 Å². The molecule has 33 heavy (non-hydrogen) atoms. The van der Waals surface area contributed by atoms with Gasteiger partial charge in [-0.05, 0) is 95.5 Å². The maximum atomic E-state index is 3.88. The van der Waals surface area contributed by atoms with Crippen molar-refractivity contribution in [3.63, 3.8) is 0 Å². The lowest BCUT2D eigenvalue weighted by Gasteiger charge is -2.61. The summed E-state index contributed by atoms with van der Waals surface area (Å²) >= 11 is 0. The van der Waals surface area contributed by atoms with Gasteiger partial charge in [-0.15, -0.1) is 0 Å². The van der Waals surface area contributed by atoms with Gasteiger partial charge in [0.2, 0.25) is 0 Å². The molecule has 1 heterocycles. The summed E-state index contributed by atoms with van der Waals surface area (Å²) in [5.74, 6) is 3.60. The molecule has 0 amide bonds. The number of nitrogens with one attached hydrogen (secondary N) is 1. The van der Waals surface area contributed by atoms with Crippen LogP contribution in [0.4, 0.5) is 0 Å². The van der Waals surface area contributed by atoms with E-state index >= 15 is 0 Å². The molecule has 0 radical (unpaired) electrons. The molecule has 1 spiro atoms. The third kappa shape index (κ3) is 1.94. The second kappa shape index (κ2) is 5.70. The monoisotopic (exact) mass is 425 g/mol. The molecule has 1 N–H and O–H groups in total. The standard InChI is InChI=1S/C32H27N/c1-2-6-23-20(5-1)9-10-25-27-16-26-24-7-3-4-8-28(24)32(29(26)17-30(27)33-31(23)25)21-12-18-11-19(14-21)15-22(32)13-18/h1-10,16-19,21-22,33H,11-15H2. The maximum Gasteiger partial charge on any atom is 0.0544 e. The van der Waals surface area contributed by atoms with Crippen LogP contribution in [0.3, 0.4) is 0 Å². The number of hydrogen-bond donors (Lipinski definition) is 1. The SMILES string of the molecule is c1ccc2c(c1)-c1cc3c(cc1C21C2CC4CC(C2)CC1C4)[nH]c1c2ccccc2ccc31. The van der Waals surface area contributed by atoms with Gasteiger partial charge in [-0.2, -0.15) is 0 Å². The Kier molecular flexibility index (Phi) is 3.01. The van der Waals surface area contributed by atoms with Crippen molar-refractivity contribution >= 4 is 32.6 Å². The van der Waals surface area contributed by atoms with Crippen LogP contribution in [0, 0.1) is 23.7 Å². The van der Waals surface area contributed by atoms with Crippen LogP contribution >= 0.6 is 0 Å². The number of aromatic amines is 1. The summed E-state index contributed by atoms with van der Waals surface area (Å²) in [5.41, 5.74) is 9.17. The Bertz CT molecular complexity index is 1610. The topological polar surface area (TPSA) is 15.8 Å². The first-order chi connectivity index (χ1) is 16.3. The van der Waals surface area contributed by atoms with Crippen LogP contribution in [0.15, 0.2) is 72.8 Å². The molecule has 5 aromatic rings. The Morgan fingerprint density at radius 2 is 1.36 bits per heavy atom. The van der Waals surface area contributed by atoms with Crippen molar-refractivity contribution < 1.29 is 0 Å². The predicted octanol–water partition coefficient (Wildman–Crippen LogP) is 8.20. The summed E-state index contributed by atoms with van der Waals surface area (Å²) in [4.78, 5) is 3.88. The number of benzene rings is 4. The number of fused-ring (bicyclic) bond motifs is 8. The third-order valence-electron chi connectivity index (χ3n) is 10.2. The van der Waals surface area contributed by atoms with Gasteiger partial charge in [-0.25, -0.2) is 0 Å². The second-order valence-electron chi connectivity index (χ2n) is 11.5. The van der Waals surface area contributed by atoms with E-state index in [0.29, 0.717) is 0 Å². The Labute approximate surface area is 193 Å².